The van der Waals surface area contributed by atoms with Crippen molar-refractivity contribution in [2.75, 3.05) is 13.2 Å². The van der Waals surface area contributed by atoms with Gasteiger partial charge in [-0.2, -0.15) is 0 Å². The molecule has 0 bridgehead atoms. The minimum Gasteiger partial charge on any atom is -0.508 e. The van der Waals surface area contributed by atoms with E-state index in [1.54, 1.807) is 20.8 Å². The Kier molecular flexibility index (Phi) is 61.6. The number of aliphatic hydroxyl groups is 9. The summed E-state index contributed by atoms with van der Waals surface area (Å²) >= 11 is 0. The number of benzene rings is 1. The summed E-state index contributed by atoms with van der Waals surface area (Å²) in [4.78, 5) is 12.3. The topological polar surface area (TPSA) is 321 Å². The molecule has 0 radical (unpaired) electrons. The van der Waals surface area contributed by atoms with Gasteiger partial charge in [0.25, 0.3) is 0 Å². The number of hydrogen-bond donors (Lipinski definition) is 10. The average molecular weight is 1590 g/mol. The normalized spacial score (nSPS) is 29.6. The Morgan fingerprint density at radius 1 is 0.369 bits per heavy atom. The SMILES string of the molecule is C/C=C/CCCC[C@@H](C)OC1OC(C)C(OC(=O)c2ccc(O)cc2)CC1O.CCCCCCCCCCCCC[C@@H](C)OC1OC(C)C(O)CC1O.CCCCCCCCCCCC[C@@H](C)OC1OC(C)C(O)CC1O.CCCCCCCCCOC1OC(C)C(O)CC1O.CCCCCOC1OC(C)C(O)CC1O. The molecule has 0 amide bonds. The Morgan fingerprint density at radius 3 is 0.982 bits per heavy atom. The summed E-state index contributed by atoms with van der Waals surface area (Å²) in [7, 11) is 0. The van der Waals surface area contributed by atoms with Crippen LogP contribution in [-0.2, 0) is 52.1 Å². The minimum atomic E-state index is -0.862. The molecular weight excluding hydrogens is 1420 g/mol. The third kappa shape index (κ3) is 49.5. The lowest BCUT2D eigenvalue weighted by atomic mass is 10.0. The van der Waals surface area contributed by atoms with Crippen LogP contribution in [0, 0.1) is 0 Å². The molecule has 0 aliphatic carbocycles. The number of phenolic OH excluding ortho intramolecular Hbond substituents is 1. The zero-order valence-corrected chi connectivity index (χ0v) is 71.7. The van der Waals surface area contributed by atoms with E-state index in [1.807, 2.05) is 41.5 Å². The third-order valence-corrected chi connectivity index (χ3v) is 21.6. The van der Waals surface area contributed by atoms with Crippen LogP contribution in [0.1, 0.15) is 370 Å². The number of aliphatic hydroxyl groups excluding tert-OH is 9. The summed E-state index contributed by atoms with van der Waals surface area (Å²) in [6.45, 7) is 27.2. The van der Waals surface area contributed by atoms with Gasteiger partial charge >= 0.3 is 5.97 Å². The molecule has 0 saturated carbocycles. The van der Waals surface area contributed by atoms with Crippen LogP contribution in [0.25, 0.3) is 0 Å². The molecule has 5 aliphatic rings. The molecule has 5 saturated heterocycles. The van der Waals surface area contributed by atoms with Gasteiger partial charge in [0, 0.05) is 45.3 Å². The number of ether oxygens (including phenoxy) is 11. The van der Waals surface area contributed by atoms with Gasteiger partial charge in [-0.3, -0.25) is 0 Å². The number of esters is 1. The minimum absolute atomic E-state index is 0.0199. The summed E-state index contributed by atoms with van der Waals surface area (Å²) in [5.74, 6) is -0.432. The number of aromatic hydroxyl groups is 1. The number of allylic oxidation sites excluding steroid dienone is 2. The van der Waals surface area contributed by atoms with Crippen molar-refractivity contribution in [3.8, 4) is 5.75 Å². The summed E-state index contributed by atoms with van der Waals surface area (Å²) < 4.78 is 61.7. The molecule has 22 heteroatoms. The fourth-order valence-corrected chi connectivity index (χ4v) is 13.9. The van der Waals surface area contributed by atoms with E-state index in [1.165, 1.54) is 191 Å². The predicted molar refractivity (Wildman–Crippen MR) is 438 cm³/mol. The summed E-state index contributed by atoms with van der Waals surface area (Å²) in [6, 6.07) is 5.84. The molecule has 0 aromatic heterocycles. The maximum absolute atomic E-state index is 12.3. The first-order chi connectivity index (χ1) is 53.3. The van der Waals surface area contributed by atoms with Gasteiger partial charge in [0.15, 0.2) is 31.5 Å². The van der Waals surface area contributed by atoms with Crippen molar-refractivity contribution in [2.24, 2.45) is 0 Å². The van der Waals surface area contributed by atoms with Gasteiger partial charge < -0.3 is 103 Å². The number of unbranched alkanes of at least 4 members (excludes halogenated alkanes) is 29. The maximum Gasteiger partial charge on any atom is 0.338 e. The molecule has 6 rings (SSSR count). The van der Waals surface area contributed by atoms with Crippen molar-refractivity contribution >= 4 is 5.97 Å². The van der Waals surface area contributed by atoms with Crippen LogP contribution in [0.4, 0.5) is 0 Å². The summed E-state index contributed by atoms with van der Waals surface area (Å²) in [6.07, 6.45) is 41.0. The zero-order valence-electron chi connectivity index (χ0n) is 71.7. The van der Waals surface area contributed by atoms with Gasteiger partial charge in [-0.05, 0) is 132 Å². The second-order valence-electron chi connectivity index (χ2n) is 32.4. The van der Waals surface area contributed by atoms with Crippen LogP contribution in [0.5, 0.6) is 5.75 Å². The highest BCUT2D eigenvalue weighted by Gasteiger charge is 2.41. The Balaban J connectivity index is 0.000000477. The van der Waals surface area contributed by atoms with E-state index in [2.05, 4.69) is 39.8 Å². The molecule has 0 spiro atoms. The molecule has 23 atom stereocenters. The largest absolute Gasteiger partial charge is 0.508 e. The first-order valence-electron chi connectivity index (χ1n) is 44.5. The number of hydrogen-bond acceptors (Lipinski definition) is 22. The third-order valence-electron chi connectivity index (χ3n) is 21.6. The lowest BCUT2D eigenvalue weighted by Gasteiger charge is -2.38. The number of phenols is 1. The molecule has 22 nitrogen and oxygen atoms in total. The van der Waals surface area contributed by atoms with Gasteiger partial charge in [0.1, 0.15) is 42.4 Å². The number of rotatable bonds is 50. The van der Waals surface area contributed by atoms with Crippen molar-refractivity contribution in [1.29, 1.82) is 0 Å². The van der Waals surface area contributed by atoms with E-state index in [0.29, 0.717) is 44.5 Å². The predicted octanol–water partition coefficient (Wildman–Crippen LogP) is 17.1. The number of carbonyl (C=O) groups is 1. The first kappa shape index (κ1) is 105. The average Bonchev–Trinajstić information content (AvgIpc) is 0.843. The van der Waals surface area contributed by atoms with Crippen LogP contribution >= 0.6 is 0 Å². The molecule has 111 heavy (non-hydrogen) atoms. The molecule has 5 aliphatic heterocycles. The van der Waals surface area contributed by atoms with E-state index in [4.69, 9.17) is 52.1 Å². The molecule has 20 unspecified atom stereocenters. The number of carbonyl (C=O) groups excluding carboxylic acids is 1. The van der Waals surface area contributed by atoms with Gasteiger partial charge in [-0.1, -0.05) is 232 Å². The van der Waals surface area contributed by atoms with E-state index in [-0.39, 0.29) is 54.9 Å². The summed E-state index contributed by atoms with van der Waals surface area (Å²) in [5.41, 5.74) is 0.337. The molecule has 10 N–H and O–H groups in total. The van der Waals surface area contributed by atoms with E-state index >= 15 is 0 Å². The Bertz CT molecular complexity index is 2320. The van der Waals surface area contributed by atoms with E-state index < -0.39 is 105 Å². The van der Waals surface area contributed by atoms with Crippen molar-refractivity contribution in [3.63, 3.8) is 0 Å². The monoisotopic (exact) mass is 1590 g/mol. The fourth-order valence-electron chi connectivity index (χ4n) is 13.9. The van der Waals surface area contributed by atoms with Crippen molar-refractivity contribution in [2.45, 2.75) is 501 Å². The van der Waals surface area contributed by atoms with Gasteiger partial charge in [0.05, 0.1) is 78.8 Å². The fraction of sp³-hybridized carbons (Fsp3) is 0.899. The van der Waals surface area contributed by atoms with Gasteiger partial charge in [-0.15, -0.1) is 0 Å². The van der Waals surface area contributed by atoms with Gasteiger partial charge in [-0.25, -0.2) is 4.79 Å². The lowest BCUT2D eigenvalue weighted by Crippen LogP contribution is -2.49. The standard InChI is InChI=1S/C22H32O6.C21H42O4.C20H40O4.C15H30O4.C11H22O4/c1-4-5-6-7-8-9-15(2)26-22-19(24)14-20(16(3)27-22)28-21(25)17-10-12-18(23)13-11-17;1-4-5-6-7-8-9-10-11-12-13-14-15-17(2)24-21-20(23)16-19(22)18(3)25-21;1-4-5-6-7-8-9-10-11-12-13-14-16(2)23-20-19(22)15-18(21)17(3)24-20;1-3-4-5-6-7-8-9-10-18-15-14(17)11-13(16)12(2)19-15;1-3-4-5-6-14-11-10(13)7-9(12)8(2)15-11/h4-5,10-13,15-16,19-20,22-24H,6-9,14H2,1-3H3;17-23H,4-16H2,1-3H3;16-22H,4-15H2,1-3H3;12-17H,3-11H2,1-2H3;8-13H,3-7H2,1-2H3/b5-4+;;;;/t15-,16?,19?,20?,22?;17-,18?,19?,20?,21?;16-,17?,18?,19?,20?;;/m111../s1. The quantitative estimate of drug-likeness (QED) is 0.0165. The van der Waals surface area contributed by atoms with Gasteiger partial charge in [0.2, 0.25) is 0 Å². The second-order valence-corrected chi connectivity index (χ2v) is 32.4. The van der Waals surface area contributed by atoms with Crippen LogP contribution in [0.3, 0.4) is 0 Å². The van der Waals surface area contributed by atoms with E-state index in [0.717, 1.165) is 70.6 Å². The summed E-state index contributed by atoms with van der Waals surface area (Å²) in [5, 5.41) is 97.3. The van der Waals surface area contributed by atoms with Crippen molar-refractivity contribution in [1.82, 2.24) is 0 Å². The van der Waals surface area contributed by atoms with E-state index in [9.17, 15) is 55.9 Å². The molecule has 5 heterocycles. The smallest absolute Gasteiger partial charge is 0.338 e. The van der Waals surface area contributed by atoms with Crippen LogP contribution in [0.2, 0.25) is 0 Å². The first-order valence-corrected chi connectivity index (χ1v) is 44.5. The van der Waals surface area contributed by atoms with Crippen LogP contribution in [-0.4, -0.2) is 212 Å². The molecular formula is C89H166O22. The molecule has 5 fully saturated rings. The Hall–Kier alpha value is -2.53. The Morgan fingerprint density at radius 2 is 0.640 bits per heavy atom. The van der Waals surface area contributed by atoms with Crippen molar-refractivity contribution < 1.29 is 108 Å². The highest BCUT2D eigenvalue weighted by molar-refractivity contribution is 5.89. The molecule has 1 aromatic rings. The van der Waals surface area contributed by atoms with Crippen LogP contribution < -0.4 is 0 Å². The van der Waals surface area contributed by atoms with Crippen molar-refractivity contribution in [3.05, 3.63) is 42.0 Å². The molecule has 1 aromatic carbocycles. The maximum atomic E-state index is 12.3. The lowest BCUT2D eigenvalue weighted by molar-refractivity contribution is -0.273. The highest BCUT2D eigenvalue weighted by atomic mass is 16.7. The second kappa shape index (κ2) is 65.4. The van der Waals surface area contributed by atoms with Crippen LogP contribution in [0.15, 0.2) is 36.4 Å². The Labute approximate surface area is 672 Å². The highest BCUT2D eigenvalue weighted by Crippen LogP contribution is 2.30. The zero-order chi connectivity index (χ0) is 82.1. The molecule has 654 valence electrons.